The summed E-state index contributed by atoms with van der Waals surface area (Å²) in [7, 11) is 0. The fraction of sp³-hybridized carbons (Fsp3) is 0.818. The molecule has 0 amide bonds. The molecule has 0 saturated heterocycles. The summed E-state index contributed by atoms with van der Waals surface area (Å²) in [6.45, 7) is 4.75. The minimum Gasteiger partial charge on any atom is -0.0851 e. The highest BCUT2D eigenvalue weighted by Crippen LogP contribution is 2.43. The molecule has 11 heavy (non-hydrogen) atoms. The topological polar surface area (TPSA) is 0 Å². The van der Waals surface area contributed by atoms with Gasteiger partial charge < -0.3 is 0 Å². The van der Waals surface area contributed by atoms with Gasteiger partial charge in [0.25, 0.3) is 0 Å². The van der Waals surface area contributed by atoms with Gasteiger partial charge in [-0.2, -0.15) is 0 Å². The minimum absolute atomic E-state index is 0.896. The third-order valence-corrected chi connectivity index (χ3v) is 3.48. The average molecular weight is 150 g/mol. The lowest BCUT2D eigenvalue weighted by atomic mass is 9.65. The maximum atomic E-state index is 2.47. The van der Waals surface area contributed by atoms with Crippen LogP contribution in [-0.2, 0) is 0 Å². The molecule has 3 aliphatic carbocycles. The van der Waals surface area contributed by atoms with E-state index in [-0.39, 0.29) is 0 Å². The molecule has 3 aliphatic rings. The Balaban J connectivity index is 2.11. The zero-order valence-electron chi connectivity index (χ0n) is 7.59. The van der Waals surface area contributed by atoms with Crippen molar-refractivity contribution in [3.05, 3.63) is 12.2 Å². The molecule has 0 aromatic heterocycles. The lowest BCUT2D eigenvalue weighted by Crippen LogP contribution is -2.30. The van der Waals surface area contributed by atoms with Gasteiger partial charge in [-0.15, -0.1) is 0 Å². The predicted octanol–water partition coefficient (Wildman–Crippen LogP) is 3.24. The van der Waals surface area contributed by atoms with E-state index in [1.807, 2.05) is 0 Å². The Morgan fingerprint density at radius 2 is 2.00 bits per heavy atom. The first-order chi connectivity index (χ1) is 5.27. The van der Waals surface area contributed by atoms with Crippen LogP contribution in [-0.4, -0.2) is 0 Å². The van der Waals surface area contributed by atoms with Gasteiger partial charge in [-0.1, -0.05) is 26.0 Å². The number of fused-ring (bicyclic) bond motifs is 2. The summed E-state index contributed by atoms with van der Waals surface area (Å²) >= 11 is 0. The minimum atomic E-state index is 0.896. The molecule has 0 aromatic rings. The highest BCUT2D eigenvalue weighted by Gasteiger charge is 2.33. The summed E-state index contributed by atoms with van der Waals surface area (Å²) in [6.07, 6.45) is 9.32. The summed E-state index contributed by atoms with van der Waals surface area (Å²) < 4.78 is 0. The van der Waals surface area contributed by atoms with Crippen LogP contribution in [0.4, 0.5) is 0 Å². The van der Waals surface area contributed by atoms with Crippen LogP contribution in [0.2, 0.25) is 0 Å². The van der Waals surface area contributed by atoms with Crippen LogP contribution in [0.3, 0.4) is 0 Å². The van der Waals surface area contributed by atoms with Gasteiger partial charge in [0.15, 0.2) is 0 Å². The van der Waals surface area contributed by atoms with E-state index in [0.717, 1.165) is 23.7 Å². The first-order valence-electron chi connectivity index (χ1n) is 4.95. The van der Waals surface area contributed by atoms with E-state index < -0.39 is 0 Å². The lowest BCUT2D eigenvalue weighted by Gasteiger charge is -2.40. The van der Waals surface area contributed by atoms with Gasteiger partial charge >= 0.3 is 0 Å². The van der Waals surface area contributed by atoms with Crippen molar-refractivity contribution in [2.45, 2.75) is 33.1 Å². The molecule has 0 aliphatic heterocycles. The van der Waals surface area contributed by atoms with Crippen molar-refractivity contribution in [1.29, 1.82) is 0 Å². The van der Waals surface area contributed by atoms with E-state index >= 15 is 0 Å². The van der Waals surface area contributed by atoms with Gasteiger partial charge in [-0.05, 0) is 42.9 Å². The Bertz CT molecular complexity index is 167. The molecule has 0 radical (unpaired) electrons. The number of hydrogen-bond acceptors (Lipinski definition) is 0. The summed E-state index contributed by atoms with van der Waals surface area (Å²) in [5, 5.41) is 0. The third-order valence-electron chi connectivity index (χ3n) is 3.48. The molecule has 3 atom stereocenters. The molecular formula is C11H18. The summed E-state index contributed by atoms with van der Waals surface area (Å²) in [4.78, 5) is 0. The Kier molecular flexibility index (Phi) is 1.78. The third kappa shape index (κ3) is 1.23. The molecule has 3 unspecified atom stereocenters. The van der Waals surface area contributed by atoms with Gasteiger partial charge in [0.2, 0.25) is 0 Å². The number of hydrogen-bond donors (Lipinski definition) is 0. The van der Waals surface area contributed by atoms with Crippen LogP contribution in [0.25, 0.3) is 0 Å². The molecule has 0 spiro atoms. The van der Waals surface area contributed by atoms with E-state index in [4.69, 9.17) is 0 Å². The van der Waals surface area contributed by atoms with Crippen LogP contribution in [0.1, 0.15) is 33.1 Å². The molecule has 1 saturated carbocycles. The lowest BCUT2D eigenvalue weighted by molar-refractivity contribution is 0.170. The number of rotatable bonds is 1. The van der Waals surface area contributed by atoms with Crippen molar-refractivity contribution in [3.63, 3.8) is 0 Å². The zero-order valence-corrected chi connectivity index (χ0v) is 7.59. The highest BCUT2D eigenvalue weighted by molar-refractivity contribution is 5.06. The number of allylic oxidation sites excluding steroid dienone is 2. The maximum absolute atomic E-state index is 2.47. The molecule has 0 heterocycles. The summed E-state index contributed by atoms with van der Waals surface area (Å²) in [6, 6.07) is 0. The van der Waals surface area contributed by atoms with E-state index in [0.29, 0.717) is 0 Å². The van der Waals surface area contributed by atoms with Crippen LogP contribution < -0.4 is 0 Å². The molecule has 0 N–H and O–H groups in total. The smallest absolute Gasteiger partial charge is 0.0202 e. The van der Waals surface area contributed by atoms with E-state index in [1.165, 1.54) is 19.3 Å². The molecule has 0 aromatic carbocycles. The van der Waals surface area contributed by atoms with Gasteiger partial charge in [-0.25, -0.2) is 0 Å². The van der Waals surface area contributed by atoms with Crippen molar-refractivity contribution in [1.82, 2.24) is 0 Å². The predicted molar refractivity (Wildman–Crippen MR) is 48.3 cm³/mol. The van der Waals surface area contributed by atoms with Gasteiger partial charge in [-0.3, -0.25) is 0 Å². The Hall–Kier alpha value is -0.260. The fourth-order valence-electron chi connectivity index (χ4n) is 2.74. The first-order valence-corrected chi connectivity index (χ1v) is 4.95. The molecule has 0 nitrogen and oxygen atoms in total. The molecular weight excluding hydrogens is 132 g/mol. The van der Waals surface area contributed by atoms with Gasteiger partial charge in [0.05, 0.1) is 0 Å². The first kappa shape index (κ1) is 7.39. The van der Waals surface area contributed by atoms with Crippen LogP contribution in [0.5, 0.6) is 0 Å². The molecule has 62 valence electrons. The van der Waals surface area contributed by atoms with Crippen LogP contribution >= 0.6 is 0 Å². The molecule has 0 heteroatoms. The van der Waals surface area contributed by atoms with Crippen molar-refractivity contribution in [2.75, 3.05) is 0 Å². The average Bonchev–Trinajstić information content (AvgIpc) is 2.06. The standard InChI is InChI=1S/C11H18/c1-8(2)11-7-9-3-5-10(11)6-4-9/h3,5,8-11H,4,6-7H2,1-2H3. The largest absolute Gasteiger partial charge is 0.0851 e. The Morgan fingerprint density at radius 3 is 2.27 bits per heavy atom. The quantitative estimate of drug-likeness (QED) is 0.503. The molecule has 2 bridgehead atoms. The zero-order chi connectivity index (χ0) is 7.84. The van der Waals surface area contributed by atoms with Crippen molar-refractivity contribution in [2.24, 2.45) is 23.7 Å². The Labute approximate surface area is 69.7 Å². The van der Waals surface area contributed by atoms with E-state index in [1.54, 1.807) is 0 Å². The second kappa shape index (κ2) is 2.66. The van der Waals surface area contributed by atoms with E-state index in [9.17, 15) is 0 Å². The fourth-order valence-corrected chi connectivity index (χ4v) is 2.74. The maximum Gasteiger partial charge on any atom is -0.0202 e. The summed E-state index contributed by atoms with van der Waals surface area (Å²) in [5.74, 6) is 3.76. The van der Waals surface area contributed by atoms with Gasteiger partial charge in [0, 0.05) is 0 Å². The SMILES string of the molecule is CC(C)C1CC2C=CC1CC2. The summed E-state index contributed by atoms with van der Waals surface area (Å²) in [5.41, 5.74) is 0. The molecule has 1 fully saturated rings. The van der Waals surface area contributed by atoms with Gasteiger partial charge in [0.1, 0.15) is 0 Å². The monoisotopic (exact) mass is 150 g/mol. The normalized spacial score (nSPS) is 41.9. The molecule has 3 rings (SSSR count). The van der Waals surface area contributed by atoms with Crippen molar-refractivity contribution >= 4 is 0 Å². The van der Waals surface area contributed by atoms with Crippen LogP contribution in [0.15, 0.2) is 12.2 Å². The van der Waals surface area contributed by atoms with Crippen LogP contribution in [0, 0.1) is 23.7 Å². The van der Waals surface area contributed by atoms with E-state index in [2.05, 4.69) is 26.0 Å². The second-order valence-electron chi connectivity index (χ2n) is 4.53. The highest BCUT2D eigenvalue weighted by atomic mass is 14.4. The van der Waals surface area contributed by atoms with Crippen molar-refractivity contribution < 1.29 is 0 Å². The van der Waals surface area contributed by atoms with Crippen molar-refractivity contribution in [3.8, 4) is 0 Å². The second-order valence-corrected chi connectivity index (χ2v) is 4.53. The Morgan fingerprint density at radius 1 is 1.18 bits per heavy atom.